The maximum atomic E-state index is 5.62. The third-order valence-electron chi connectivity index (χ3n) is 3.27. The van der Waals surface area contributed by atoms with Gasteiger partial charge in [-0.05, 0) is 24.4 Å². The molecule has 0 fully saturated rings. The van der Waals surface area contributed by atoms with Crippen LogP contribution in [0, 0.1) is 0 Å². The van der Waals surface area contributed by atoms with Gasteiger partial charge in [-0.1, -0.05) is 45.0 Å². The van der Waals surface area contributed by atoms with Gasteiger partial charge < -0.3 is 5.73 Å². The zero-order valence-electron chi connectivity index (χ0n) is 11.9. The summed E-state index contributed by atoms with van der Waals surface area (Å²) in [5.74, 6) is 0.572. The Morgan fingerprint density at radius 3 is 2.42 bits per heavy atom. The molecule has 1 aromatic carbocycles. The molecule has 2 nitrogen and oxygen atoms in total. The molecule has 0 spiro atoms. The molecule has 19 heavy (non-hydrogen) atoms. The third-order valence-corrected chi connectivity index (χ3v) is 4.53. The lowest BCUT2D eigenvalue weighted by Crippen LogP contribution is -2.01. The second-order valence-corrected chi connectivity index (χ2v) is 6.22. The molecule has 0 radical (unpaired) electrons. The minimum atomic E-state index is 0.572. The number of benzene rings is 1. The summed E-state index contributed by atoms with van der Waals surface area (Å²) in [6, 6.07) is 8.80. The summed E-state index contributed by atoms with van der Waals surface area (Å²) in [6.45, 7) is 7.29. The van der Waals surface area contributed by atoms with Gasteiger partial charge in [0.25, 0.3) is 0 Å². The fourth-order valence-electron chi connectivity index (χ4n) is 2.12. The molecule has 0 saturated carbocycles. The molecule has 0 aliphatic heterocycles. The van der Waals surface area contributed by atoms with Crippen LogP contribution in [0.15, 0.2) is 24.3 Å². The predicted octanol–water partition coefficient (Wildman–Crippen LogP) is 4.00. The number of hydrogen-bond donors (Lipinski definition) is 1. The van der Waals surface area contributed by atoms with Crippen molar-refractivity contribution in [3.05, 3.63) is 39.7 Å². The predicted molar refractivity (Wildman–Crippen MR) is 83.8 cm³/mol. The lowest BCUT2D eigenvalue weighted by atomic mass is 10.0. The van der Waals surface area contributed by atoms with E-state index in [9.17, 15) is 0 Å². The summed E-state index contributed by atoms with van der Waals surface area (Å²) >= 11 is 1.80. The van der Waals surface area contributed by atoms with Crippen molar-refractivity contribution in [2.45, 2.75) is 39.5 Å². The average molecular weight is 274 g/mol. The Balaban J connectivity index is 2.34. The average Bonchev–Trinajstić information content (AvgIpc) is 2.82. The summed E-state index contributed by atoms with van der Waals surface area (Å²) in [5, 5.41) is 1.15. The number of nitrogens with zero attached hydrogens (tertiary/aromatic N) is 1. The van der Waals surface area contributed by atoms with Gasteiger partial charge in [0.15, 0.2) is 0 Å². The molecule has 1 aromatic heterocycles. The number of aryl methyl sites for hydroxylation is 1. The van der Waals surface area contributed by atoms with E-state index in [0.29, 0.717) is 12.5 Å². The van der Waals surface area contributed by atoms with E-state index in [1.54, 1.807) is 11.3 Å². The number of thiazole rings is 1. The summed E-state index contributed by atoms with van der Waals surface area (Å²) in [7, 11) is 0. The molecule has 0 saturated heterocycles. The van der Waals surface area contributed by atoms with Crippen LogP contribution in [0.3, 0.4) is 0 Å². The van der Waals surface area contributed by atoms with Crippen LogP contribution in [0.1, 0.15) is 42.1 Å². The van der Waals surface area contributed by atoms with E-state index in [1.807, 2.05) is 0 Å². The lowest BCUT2D eigenvalue weighted by Gasteiger charge is -2.06. The van der Waals surface area contributed by atoms with Crippen LogP contribution < -0.4 is 5.73 Å². The highest BCUT2D eigenvalue weighted by molar-refractivity contribution is 7.12. The van der Waals surface area contributed by atoms with E-state index in [4.69, 9.17) is 10.7 Å². The van der Waals surface area contributed by atoms with Crippen molar-refractivity contribution in [1.29, 1.82) is 0 Å². The molecule has 2 N–H and O–H groups in total. The molecule has 1 heterocycles. The van der Waals surface area contributed by atoms with Gasteiger partial charge in [0.2, 0.25) is 0 Å². The Bertz CT molecular complexity index is 526. The van der Waals surface area contributed by atoms with Gasteiger partial charge in [-0.15, -0.1) is 11.3 Å². The highest BCUT2D eigenvalue weighted by Crippen LogP contribution is 2.30. The maximum absolute atomic E-state index is 5.62. The van der Waals surface area contributed by atoms with Gasteiger partial charge >= 0.3 is 0 Å². The monoisotopic (exact) mass is 274 g/mol. The van der Waals surface area contributed by atoms with E-state index in [0.717, 1.165) is 23.5 Å². The smallest absolute Gasteiger partial charge is 0.0948 e. The van der Waals surface area contributed by atoms with Crippen molar-refractivity contribution in [3.63, 3.8) is 0 Å². The van der Waals surface area contributed by atoms with Crippen molar-refractivity contribution in [2.24, 2.45) is 5.73 Å². The molecular weight excluding hydrogens is 252 g/mol. The molecule has 0 bridgehead atoms. The van der Waals surface area contributed by atoms with Gasteiger partial charge in [-0.25, -0.2) is 4.98 Å². The number of aromatic nitrogens is 1. The van der Waals surface area contributed by atoms with Crippen molar-refractivity contribution < 1.29 is 0 Å². The van der Waals surface area contributed by atoms with Gasteiger partial charge in [-0.2, -0.15) is 0 Å². The van der Waals surface area contributed by atoms with Crippen molar-refractivity contribution >= 4 is 11.3 Å². The number of nitrogens with two attached hydrogens (primary N) is 1. The Labute approximate surface area is 119 Å². The van der Waals surface area contributed by atoms with Gasteiger partial charge in [-0.3, -0.25) is 0 Å². The summed E-state index contributed by atoms with van der Waals surface area (Å²) in [4.78, 5) is 6.12. The summed E-state index contributed by atoms with van der Waals surface area (Å²) in [6.07, 6.45) is 1.91. The van der Waals surface area contributed by atoms with Crippen LogP contribution in [0.2, 0.25) is 0 Å². The molecule has 2 rings (SSSR count). The fourth-order valence-corrected chi connectivity index (χ4v) is 3.17. The van der Waals surface area contributed by atoms with Gasteiger partial charge in [0, 0.05) is 16.9 Å². The Morgan fingerprint density at radius 1 is 1.21 bits per heavy atom. The van der Waals surface area contributed by atoms with Gasteiger partial charge in [0.05, 0.1) is 10.7 Å². The SMILES string of the molecule is CCc1sc(CCN)nc1-c1ccc(C(C)C)cc1. The molecule has 0 atom stereocenters. The zero-order chi connectivity index (χ0) is 13.8. The van der Waals surface area contributed by atoms with E-state index in [2.05, 4.69) is 45.0 Å². The van der Waals surface area contributed by atoms with Crippen LogP contribution in [0.4, 0.5) is 0 Å². The minimum absolute atomic E-state index is 0.572. The van der Waals surface area contributed by atoms with Crippen molar-refractivity contribution in [1.82, 2.24) is 4.98 Å². The van der Waals surface area contributed by atoms with Crippen LogP contribution in [-0.4, -0.2) is 11.5 Å². The highest BCUT2D eigenvalue weighted by Gasteiger charge is 2.11. The maximum Gasteiger partial charge on any atom is 0.0948 e. The second-order valence-electron chi connectivity index (χ2n) is 5.05. The third kappa shape index (κ3) is 3.23. The van der Waals surface area contributed by atoms with Crippen LogP contribution in [-0.2, 0) is 12.8 Å². The van der Waals surface area contributed by atoms with Crippen molar-refractivity contribution in [3.8, 4) is 11.3 Å². The van der Waals surface area contributed by atoms with Crippen molar-refractivity contribution in [2.75, 3.05) is 6.54 Å². The standard InChI is InChI=1S/C16H22N2S/c1-4-14-16(18-15(19-14)9-10-17)13-7-5-12(6-8-13)11(2)3/h5-8,11H,4,9-10,17H2,1-3H3. The molecule has 0 amide bonds. The molecular formula is C16H22N2S. The first-order valence-corrected chi connectivity index (χ1v) is 7.76. The summed E-state index contributed by atoms with van der Waals surface area (Å²) in [5.41, 5.74) is 9.36. The van der Waals surface area contributed by atoms with E-state index in [1.165, 1.54) is 16.0 Å². The van der Waals surface area contributed by atoms with Crippen LogP contribution in [0.5, 0.6) is 0 Å². The highest BCUT2D eigenvalue weighted by atomic mass is 32.1. The van der Waals surface area contributed by atoms with Crippen LogP contribution in [0.25, 0.3) is 11.3 Å². The first-order valence-electron chi connectivity index (χ1n) is 6.94. The quantitative estimate of drug-likeness (QED) is 0.895. The van der Waals surface area contributed by atoms with E-state index >= 15 is 0 Å². The first kappa shape index (κ1) is 14.2. The Kier molecular flexibility index (Phi) is 4.72. The second kappa shape index (κ2) is 6.31. The first-order chi connectivity index (χ1) is 9.15. The fraction of sp³-hybridized carbons (Fsp3) is 0.438. The normalized spacial score (nSPS) is 11.2. The molecule has 0 aliphatic carbocycles. The molecule has 0 aliphatic rings. The summed E-state index contributed by atoms with van der Waals surface area (Å²) < 4.78 is 0. The molecule has 102 valence electrons. The largest absolute Gasteiger partial charge is 0.330 e. The molecule has 0 unspecified atom stereocenters. The molecule has 2 aromatic rings. The zero-order valence-corrected chi connectivity index (χ0v) is 12.8. The number of rotatable bonds is 5. The van der Waals surface area contributed by atoms with Crippen LogP contribution >= 0.6 is 11.3 Å². The lowest BCUT2D eigenvalue weighted by molar-refractivity contribution is 0.867. The van der Waals surface area contributed by atoms with Gasteiger partial charge in [0.1, 0.15) is 0 Å². The Morgan fingerprint density at radius 2 is 1.89 bits per heavy atom. The molecule has 3 heteroatoms. The van der Waals surface area contributed by atoms with E-state index in [-0.39, 0.29) is 0 Å². The number of hydrogen-bond acceptors (Lipinski definition) is 3. The topological polar surface area (TPSA) is 38.9 Å². The Hall–Kier alpha value is -1.19. The van der Waals surface area contributed by atoms with E-state index < -0.39 is 0 Å². The minimum Gasteiger partial charge on any atom is -0.330 e.